The van der Waals surface area contributed by atoms with Crippen LogP contribution in [0.2, 0.25) is 0 Å². The minimum Gasteiger partial charge on any atom is -0.352 e. The molecule has 0 saturated heterocycles. The number of aromatic nitrogens is 1. The largest absolute Gasteiger partial charge is 0.352 e. The first kappa shape index (κ1) is 17.8. The number of nitrogens with zero attached hydrogens (tertiary/aromatic N) is 2. The molecule has 0 saturated carbocycles. The van der Waals surface area contributed by atoms with Gasteiger partial charge in [0, 0.05) is 25.3 Å². The molecule has 1 heterocycles. The van der Waals surface area contributed by atoms with Crippen molar-refractivity contribution in [3.8, 4) is 0 Å². The van der Waals surface area contributed by atoms with Gasteiger partial charge in [0.15, 0.2) is 0 Å². The standard InChI is InChI=1S/C19H25N3O2/c1-4-21(14-18(23)20-15(2)3)19(24)17-11-8-12-22(17)13-16-9-6-5-7-10-16/h5-12,15H,4,13-14H2,1-3H3,(H,20,23). The first-order valence-electron chi connectivity index (χ1n) is 8.29. The van der Waals surface area contributed by atoms with Gasteiger partial charge in [-0.15, -0.1) is 0 Å². The minimum absolute atomic E-state index is 0.0632. The van der Waals surface area contributed by atoms with E-state index in [4.69, 9.17) is 0 Å². The van der Waals surface area contributed by atoms with E-state index in [9.17, 15) is 9.59 Å². The van der Waals surface area contributed by atoms with E-state index in [1.165, 1.54) is 0 Å². The normalized spacial score (nSPS) is 10.7. The summed E-state index contributed by atoms with van der Waals surface area (Å²) in [7, 11) is 0. The smallest absolute Gasteiger partial charge is 0.270 e. The van der Waals surface area contributed by atoms with Crippen molar-refractivity contribution < 1.29 is 9.59 Å². The minimum atomic E-state index is -0.138. The van der Waals surface area contributed by atoms with Crippen molar-refractivity contribution in [2.45, 2.75) is 33.4 Å². The number of hydrogen-bond acceptors (Lipinski definition) is 2. The number of likely N-dealkylation sites (N-methyl/N-ethyl adjacent to an activating group) is 1. The lowest BCUT2D eigenvalue weighted by Crippen LogP contribution is -2.43. The molecular weight excluding hydrogens is 302 g/mol. The lowest BCUT2D eigenvalue weighted by Gasteiger charge is -2.22. The van der Waals surface area contributed by atoms with Gasteiger partial charge in [0.05, 0.1) is 6.54 Å². The van der Waals surface area contributed by atoms with Crippen LogP contribution in [0.3, 0.4) is 0 Å². The molecule has 0 radical (unpaired) electrons. The fourth-order valence-electron chi connectivity index (χ4n) is 2.56. The Morgan fingerprint density at radius 1 is 1.12 bits per heavy atom. The van der Waals surface area contributed by atoms with Crippen molar-refractivity contribution in [1.29, 1.82) is 0 Å². The molecule has 0 spiro atoms. The van der Waals surface area contributed by atoms with Crippen LogP contribution in [0.4, 0.5) is 0 Å². The highest BCUT2D eigenvalue weighted by Gasteiger charge is 2.20. The van der Waals surface area contributed by atoms with Crippen LogP contribution in [0, 0.1) is 0 Å². The van der Waals surface area contributed by atoms with Gasteiger partial charge in [-0.3, -0.25) is 9.59 Å². The van der Waals surface area contributed by atoms with Crippen molar-refractivity contribution in [1.82, 2.24) is 14.8 Å². The number of nitrogens with one attached hydrogen (secondary N) is 1. The van der Waals surface area contributed by atoms with Gasteiger partial charge in [-0.25, -0.2) is 0 Å². The van der Waals surface area contributed by atoms with Crippen LogP contribution < -0.4 is 5.32 Å². The van der Waals surface area contributed by atoms with Gasteiger partial charge in [0.25, 0.3) is 5.91 Å². The summed E-state index contributed by atoms with van der Waals surface area (Å²) in [6.45, 7) is 6.88. The molecule has 128 valence electrons. The maximum Gasteiger partial charge on any atom is 0.270 e. The molecule has 0 aliphatic rings. The van der Waals surface area contributed by atoms with E-state index >= 15 is 0 Å². The first-order valence-corrected chi connectivity index (χ1v) is 8.29. The zero-order valence-corrected chi connectivity index (χ0v) is 14.5. The van der Waals surface area contributed by atoms with Crippen LogP contribution >= 0.6 is 0 Å². The second kappa shape index (κ2) is 8.34. The molecule has 0 unspecified atom stereocenters. The molecule has 1 N–H and O–H groups in total. The average Bonchev–Trinajstić information content (AvgIpc) is 3.00. The molecule has 2 rings (SSSR count). The SMILES string of the molecule is CCN(CC(=O)NC(C)C)C(=O)c1cccn1Cc1ccccc1. The average molecular weight is 327 g/mol. The zero-order valence-electron chi connectivity index (χ0n) is 14.5. The first-order chi connectivity index (χ1) is 11.5. The molecule has 5 nitrogen and oxygen atoms in total. The number of benzene rings is 1. The molecule has 0 atom stereocenters. The molecule has 0 aliphatic heterocycles. The van der Waals surface area contributed by atoms with Gasteiger partial charge in [-0.2, -0.15) is 0 Å². The summed E-state index contributed by atoms with van der Waals surface area (Å²) in [6, 6.07) is 13.7. The van der Waals surface area contributed by atoms with Crippen molar-refractivity contribution >= 4 is 11.8 Å². The predicted octanol–water partition coefficient (Wildman–Crippen LogP) is 2.52. The summed E-state index contributed by atoms with van der Waals surface area (Å²) in [5.74, 6) is -0.265. The third-order valence-electron chi connectivity index (χ3n) is 3.70. The van der Waals surface area contributed by atoms with Crippen LogP contribution in [0.25, 0.3) is 0 Å². The Hall–Kier alpha value is -2.56. The van der Waals surface area contributed by atoms with Crippen LogP contribution in [-0.2, 0) is 11.3 Å². The lowest BCUT2D eigenvalue weighted by molar-refractivity contribution is -0.122. The Balaban J connectivity index is 2.11. The number of rotatable bonds is 7. The van der Waals surface area contributed by atoms with E-state index in [1.807, 2.05) is 67.9 Å². The fourth-order valence-corrected chi connectivity index (χ4v) is 2.56. The van der Waals surface area contributed by atoms with E-state index in [0.29, 0.717) is 18.8 Å². The molecule has 0 aliphatic carbocycles. The summed E-state index contributed by atoms with van der Waals surface area (Å²) >= 11 is 0. The van der Waals surface area contributed by atoms with E-state index in [2.05, 4.69) is 5.32 Å². The highest BCUT2D eigenvalue weighted by atomic mass is 16.2. The summed E-state index contributed by atoms with van der Waals surface area (Å²) in [4.78, 5) is 26.3. The van der Waals surface area contributed by atoms with E-state index in [1.54, 1.807) is 11.0 Å². The van der Waals surface area contributed by atoms with Crippen molar-refractivity contribution in [2.24, 2.45) is 0 Å². The molecule has 5 heteroatoms. The Morgan fingerprint density at radius 2 is 1.83 bits per heavy atom. The molecule has 0 fully saturated rings. The number of hydrogen-bond donors (Lipinski definition) is 1. The quantitative estimate of drug-likeness (QED) is 0.849. The third kappa shape index (κ3) is 4.72. The van der Waals surface area contributed by atoms with Crippen LogP contribution in [0.15, 0.2) is 48.7 Å². The number of amides is 2. The second-order valence-corrected chi connectivity index (χ2v) is 6.05. The van der Waals surface area contributed by atoms with Crippen molar-refractivity contribution in [3.05, 3.63) is 59.9 Å². The van der Waals surface area contributed by atoms with Crippen LogP contribution in [0.1, 0.15) is 36.8 Å². The zero-order chi connectivity index (χ0) is 17.5. The lowest BCUT2D eigenvalue weighted by atomic mass is 10.2. The Labute approximate surface area is 143 Å². The molecule has 0 bridgehead atoms. The summed E-state index contributed by atoms with van der Waals surface area (Å²) in [5, 5.41) is 2.82. The number of carbonyl (C=O) groups is 2. The topological polar surface area (TPSA) is 54.3 Å². The van der Waals surface area contributed by atoms with Gasteiger partial charge in [-0.1, -0.05) is 30.3 Å². The maximum absolute atomic E-state index is 12.8. The third-order valence-corrected chi connectivity index (χ3v) is 3.70. The van der Waals surface area contributed by atoms with Gasteiger partial charge in [-0.05, 0) is 38.5 Å². The van der Waals surface area contributed by atoms with Gasteiger partial charge < -0.3 is 14.8 Å². The second-order valence-electron chi connectivity index (χ2n) is 6.05. The molecule has 1 aromatic heterocycles. The summed E-state index contributed by atoms with van der Waals surface area (Å²) in [6.07, 6.45) is 1.89. The maximum atomic E-state index is 12.8. The highest BCUT2D eigenvalue weighted by Crippen LogP contribution is 2.10. The summed E-state index contributed by atoms with van der Waals surface area (Å²) in [5.41, 5.74) is 1.72. The van der Waals surface area contributed by atoms with E-state index in [-0.39, 0.29) is 24.4 Å². The molecule has 24 heavy (non-hydrogen) atoms. The van der Waals surface area contributed by atoms with Crippen molar-refractivity contribution in [2.75, 3.05) is 13.1 Å². The fraction of sp³-hybridized carbons (Fsp3) is 0.368. The predicted molar refractivity (Wildman–Crippen MR) is 94.8 cm³/mol. The molecular formula is C19H25N3O2. The van der Waals surface area contributed by atoms with Gasteiger partial charge in [0.1, 0.15) is 5.69 Å². The van der Waals surface area contributed by atoms with Crippen LogP contribution in [0.5, 0.6) is 0 Å². The Morgan fingerprint density at radius 3 is 2.46 bits per heavy atom. The Kier molecular flexibility index (Phi) is 6.18. The van der Waals surface area contributed by atoms with Gasteiger partial charge in [0.2, 0.25) is 5.91 Å². The van der Waals surface area contributed by atoms with E-state index < -0.39 is 0 Å². The van der Waals surface area contributed by atoms with Crippen LogP contribution in [-0.4, -0.2) is 40.4 Å². The molecule has 2 amide bonds. The van der Waals surface area contributed by atoms with E-state index in [0.717, 1.165) is 5.56 Å². The highest BCUT2D eigenvalue weighted by molar-refractivity contribution is 5.95. The molecule has 1 aromatic carbocycles. The van der Waals surface area contributed by atoms with Crippen molar-refractivity contribution in [3.63, 3.8) is 0 Å². The number of carbonyl (C=O) groups excluding carboxylic acids is 2. The van der Waals surface area contributed by atoms with Gasteiger partial charge >= 0.3 is 0 Å². The molecule has 2 aromatic rings. The summed E-state index contributed by atoms with van der Waals surface area (Å²) < 4.78 is 1.92. The monoisotopic (exact) mass is 327 g/mol. The Bertz CT molecular complexity index is 677.